The van der Waals surface area contributed by atoms with E-state index in [1.165, 1.54) is 12.1 Å². The van der Waals surface area contributed by atoms with E-state index in [9.17, 15) is 19.7 Å². The minimum atomic E-state index is -0.458. The zero-order chi connectivity index (χ0) is 17.5. The minimum Gasteiger partial charge on any atom is -0.356 e. The average Bonchev–Trinajstić information content (AvgIpc) is 2.60. The molecule has 0 unspecified atom stereocenters. The summed E-state index contributed by atoms with van der Waals surface area (Å²) in [5.41, 5.74) is 0.776. The highest BCUT2D eigenvalue weighted by molar-refractivity contribution is 5.81. The summed E-state index contributed by atoms with van der Waals surface area (Å²) in [6.45, 7) is 3.87. The van der Waals surface area contributed by atoms with E-state index in [2.05, 4.69) is 5.32 Å². The molecule has 0 spiro atoms. The number of rotatable bonds is 6. The first-order chi connectivity index (χ1) is 11.5. The summed E-state index contributed by atoms with van der Waals surface area (Å²) in [7, 11) is 0. The van der Waals surface area contributed by atoms with Crippen LogP contribution in [0.4, 0.5) is 5.69 Å². The molecule has 0 radical (unpaired) electrons. The average molecular weight is 333 g/mol. The van der Waals surface area contributed by atoms with Crippen molar-refractivity contribution in [2.45, 2.75) is 32.6 Å². The Bertz CT molecular complexity index is 592. The Morgan fingerprint density at radius 3 is 2.42 bits per heavy atom. The van der Waals surface area contributed by atoms with Gasteiger partial charge in [-0.1, -0.05) is 19.1 Å². The molecular weight excluding hydrogens is 310 g/mol. The van der Waals surface area contributed by atoms with Gasteiger partial charge in [0, 0.05) is 37.7 Å². The predicted octanol–water partition coefficient (Wildman–Crippen LogP) is 1.90. The molecule has 1 heterocycles. The lowest BCUT2D eigenvalue weighted by Crippen LogP contribution is -2.43. The molecule has 1 aromatic carbocycles. The van der Waals surface area contributed by atoms with Crippen LogP contribution in [0.2, 0.25) is 0 Å². The number of nitro groups is 1. The highest BCUT2D eigenvalue weighted by Gasteiger charge is 2.27. The first-order valence-electron chi connectivity index (χ1n) is 8.30. The van der Waals surface area contributed by atoms with Crippen LogP contribution in [-0.2, 0) is 16.0 Å². The van der Waals surface area contributed by atoms with Gasteiger partial charge >= 0.3 is 0 Å². The molecule has 0 atom stereocenters. The van der Waals surface area contributed by atoms with Gasteiger partial charge < -0.3 is 10.2 Å². The molecule has 1 aliphatic heterocycles. The largest absolute Gasteiger partial charge is 0.356 e. The van der Waals surface area contributed by atoms with Crippen LogP contribution in [0.15, 0.2) is 24.3 Å². The van der Waals surface area contributed by atoms with Crippen LogP contribution < -0.4 is 5.32 Å². The van der Waals surface area contributed by atoms with E-state index in [4.69, 9.17) is 0 Å². The number of hydrogen-bond acceptors (Lipinski definition) is 4. The Morgan fingerprint density at radius 1 is 1.25 bits per heavy atom. The first-order valence-corrected chi connectivity index (χ1v) is 8.30. The van der Waals surface area contributed by atoms with Crippen molar-refractivity contribution < 1.29 is 14.5 Å². The molecule has 130 valence electrons. The van der Waals surface area contributed by atoms with Crippen molar-refractivity contribution in [2.24, 2.45) is 5.92 Å². The predicted molar refractivity (Wildman–Crippen MR) is 89.4 cm³/mol. The number of carbonyl (C=O) groups excluding carboxylic acids is 2. The van der Waals surface area contributed by atoms with Crippen LogP contribution in [0.1, 0.15) is 31.7 Å². The van der Waals surface area contributed by atoms with Crippen LogP contribution in [0.5, 0.6) is 0 Å². The van der Waals surface area contributed by atoms with Crippen molar-refractivity contribution in [3.8, 4) is 0 Å². The smallest absolute Gasteiger partial charge is 0.269 e. The molecule has 2 amide bonds. The van der Waals surface area contributed by atoms with E-state index >= 15 is 0 Å². The summed E-state index contributed by atoms with van der Waals surface area (Å²) in [4.78, 5) is 36.2. The normalized spacial score (nSPS) is 15.1. The number of piperidine rings is 1. The Morgan fingerprint density at radius 2 is 1.88 bits per heavy atom. The Balaban J connectivity index is 1.82. The molecule has 7 nitrogen and oxygen atoms in total. The third kappa shape index (κ3) is 4.78. The summed E-state index contributed by atoms with van der Waals surface area (Å²) in [6, 6.07) is 6.04. The van der Waals surface area contributed by atoms with Gasteiger partial charge in [0.15, 0.2) is 0 Å². The third-order valence-corrected chi connectivity index (χ3v) is 4.27. The van der Waals surface area contributed by atoms with Crippen LogP contribution in [0.3, 0.4) is 0 Å². The fraction of sp³-hybridized carbons (Fsp3) is 0.529. The molecule has 0 bridgehead atoms. The van der Waals surface area contributed by atoms with Gasteiger partial charge in [-0.05, 0) is 24.8 Å². The van der Waals surface area contributed by atoms with Crippen molar-refractivity contribution in [3.63, 3.8) is 0 Å². The Kier molecular flexibility index (Phi) is 6.28. The molecule has 24 heavy (non-hydrogen) atoms. The number of benzene rings is 1. The molecule has 1 aromatic rings. The van der Waals surface area contributed by atoms with Gasteiger partial charge in [-0.2, -0.15) is 0 Å². The molecule has 7 heteroatoms. The second-order valence-electron chi connectivity index (χ2n) is 6.05. The Hall–Kier alpha value is -2.44. The van der Waals surface area contributed by atoms with Crippen molar-refractivity contribution in [3.05, 3.63) is 39.9 Å². The quantitative estimate of drug-likeness (QED) is 0.635. The van der Waals surface area contributed by atoms with Gasteiger partial charge in [-0.3, -0.25) is 19.7 Å². The maximum atomic E-state index is 12.3. The number of nitro benzene ring substituents is 1. The SMILES string of the molecule is CCCNC(=O)C1CCN(C(=O)Cc2ccc([N+](=O)[O-])cc2)CC1. The van der Waals surface area contributed by atoms with E-state index in [1.807, 2.05) is 6.92 Å². The monoisotopic (exact) mass is 333 g/mol. The molecule has 0 aromatic heterocycles. The van der Waals surface area contributed by atoms with Gasteiger partial charge in [-0.15, -0.1) is 0 Å². The lowest BCUT2D eigenvalue weighted by molar-refractivity contribution is -0.384. The van der Waals surface area contributed by atoms with Crippen LogP contribution in [0.25, 0.3) is 0 Å². The molecule has 1 fully saturated rings. The maximum absolute atomic E-state index is 12.3. The zero-order valence-corrected chi connectivity index (χ0v) is 13.9. The maximum Gasteiger partial charge on any atom is 0.269 e. The lowest BCUT2D eigenvalue weighted by atomic mass is 9.95. The highest BCUT2D eigenvalue weighted by Crippen LogP contribution is 2.19. The summed E-state index contributed by atoms with van der Waals surface area (Å²) < 4.78 is 0. The minimum absolute atomic E-state index is 0.00345. The number of likely N-dealkylation sites (tertiary alicyclic amines) is 1. The van der Waals surface area contributed by atoms with Crippen LogP contribution >= 0.6 is 0 Å². The molecule has 1 saturated heterocycles. The standard InChI is InChI=1S/C17H23N3O4/c1-2-9-18-17(22)14-7-10-19(11-8-14)16(21)12-13-3-5-15(6-4-13)20(23)24/h3-6,14H,2,7-12H2,1H3,(H,18,22). The van der Waals surface area contributed by atoms with Crippen molar-refractivity contribution in [1.29, 1.82) is 0 Å². The molecule has 1 N–H and O–H groups in total. The highest BCUT2D eigenvalue weighted by atomic mass is 16.6. The summed E-state index contributed by atoms with van der Waals surface area (Å²) >= 11 is 0. The van der Waals surface area contributed by atoms with Crippen LogP contribution in [0, 0.1) is 16.0 Å². The van der Waals surface area contributed by atoms with E-state index in [0.29, 0.717) is 32.5 Å². The van der Waals surface area contributed by atoms with E-state index in [1.54, 1.807) is 17.0 Å². The number of non-ortho nitro benzene ring substituents is 1. The van der Waals surface area contributed by atoms with Gasteiger partial charge in [0.25, 0.3) is 5.69 Å². The summed E-state index contributed by atoms with van der Waals surface area (Å²) in [6.07, 6.45) is 2.51. The first kappa shape index (κ1) is 17.9. The van der Waals surface area contributed by atoms with Gasteiger partial charge in [0.05, 0.1) is 11.3 Å². The fourth-order valence-corrected chi connectivity index (χ4v) is 2.81. The molecule has 0 saturated carbocycles. The number of nitrogens with zero attached hydrogens (tertiary/aromatic N) is 2. The third-order valence-electron chi connectivity index (χ3n) is 4.27. The number of carbonyl (C=O) groups is 2. The van der Waals surface area contributed by atoms with E-state index < -0.39 is 4.92 Å². The van der Waals surface area contributed by atoms with Crippen LogP contribution in [-0.4, -0.2) is 41.3 Å². The Labute approximate surface area is 141 Å². The molecular formula is C17H23N3O4. The van der Waals surface area contributed by atoms with E-state index in [0.717, 1.165) is 12.0 Å². The number of hydrogen-bond donors (Lipinski definition) is 1. The number of amides is 2. The topological polar surface area (TPSA) is 92.6 Å². The second kappa shape index (κ2) is 8.42. The van der Waals surface area contributed by atoms with Crippen molar-refractivity contribution in [2.75, 3.05) is 19.6 Å². The molecule has 1 aliphatic rings. The lowest BCUT2D eigenvalue weighted by Gasteiger charge is -2.31. The van der Waals surface area contributed by atoms with E-state index in [-0.39, 0.29) is 29.8 Å². The van der Waals surface area contributed by atoms with Crippen molar-refractivity contribution in [1.82, 2.24) is 10.2 Å². The second-order valence-corrected chi connectivity index (χ2v) is 6.05. The molecule has 2 rings (SSSR count). The molecule has 0 aliphatic carbocycles. The number of nitrogens with one attached hydrogen (secondary N) is 1. The summed E-state index contributed by atoms with van der Waals surface area (Å²) in [5.74, 6) is 0.0653. The summed E-state index contributed by atoms with van der Waals surface area (Å²) in [5, 5.41) is 13.5. The van der Waals surface area contributed by atoms with Gasteiger partial charge in [-0.25, -0.2) is 0 Å². The van der Waals surface area contributed by atoms with Gasteiger partial charge in [0.1, 0.15) is 0 Å². The van der Waals surface area contributed by atoms with Gasteiger partial charge in [0.2, 0.25) is 11.8 Å². The van der Waals surface area contributed by atoms with Crippen molar-refractivity contribution >= 4 is 17.5 Å². The fourth-order valence-electron chi connectivity index (χ4n) is 2.81. The zero-order valence-electron chi connectivity index (χ0n) is 13.9.